The van der Waals surface area contributed by atoms with Crippen molar-refractivity contribution in [1.29, 1.82) is 0 Å². The number of rotatable bonds is 0. The highest BCUT2D eigenvalue weighted by Gasteiger charge is 1.88. The third-order valence-corrected chi connectivity index (χ3v) is 0.718. The predicted octanol–water partition coefficient (Wildman–Crippen LogP) is 0.783. The third kappa shape index (κ3) is 0.708. The van der Waals surface area contributed by atoms with Crippen LogP contribution in [0.25, 0.3) is 0 Å². The van der Waals surface area contributed by atoms with Gasteiger partial charge in [0.05, 0.1) is 0 Å². The quantitative estimate of drug-likeness (QED) is 0.426. The van der Waals surface area contributed by atoms with Crippen molar-refractivity contribution in [3.63, 3.8) is 0 Å². The first kappa shape index (κ1) is 3.65. The maximum Gasteiger partial charge on any atom is 0.117 e. The minimum atomic E-state index is 0.802. The van der Waals surface area contributed by atoms with Crippen molar-refractivity contribution in [3.8, 4) is 0 Å². The van der Waals surface area contributed by atoms with E-state index < -0.39 is 0 Å². The predicted molar refractivity (Wildman–Crippen MR) is 23.7 cm³/mol. The molecule has 0 fully saturated rings. The van der Waals surface area contributed by atoms with Gasteiger partial charge in [-0.2, -0.15) is 0 Å². The second-order valence-corrected chi connectivity index (χ2v) is 1.26. The molecule has 0 radical (unpaired) electrons. The van der Waals surface area contributed by atoms with E-state index in [-0.39, 0.29) is 0 Å². The summed E-state index contributed by atoms with van der Waals surface area (Å²) in [5.41, 5.74) is 0. The summed E-state index contributed by atoms with van der Waals surface area (Å²) in [5, 5.41) is 3.55. The number of oxime groups is 1. The molecule has 6 heavy (non-hydrogen) atoms. The summed E-state index contributed by atoms with van der Waals surface area (Å²) in [6.07, 6.45) is 4.01. The molecule has 0 saturated heterocycles. The SMILES string of the molecule is C1=NOCCC1. The van der Waals surface area contributed by atoms with Crippen LogP contribution in [0.2, 0.25) is 0 Å². The molecule has 0 aromatic carbocycles. The van der Waals surface area contributed by atoms with E-state index >= 15 is 0 Å². The van der Waals surface area contributed by atoms with E-state index in [0.29, 0.717) is 0 Å². The third-order valence-electron chi connectivity index (χ3n) is 0.718. The number of hydrogen-bond donors (Lipinski definition) is 0. The second kappa shape index (κ2) is 1.80. The van der Waals surface area contributed by atoms with E-state index in [1.807, 2.05) is 0 Å². The lowest BCUT2D eigenvalue weighted by atomic mass is 10.3. The van der Waals surface area contributed by atoms with E-state index in [1.165, 1.54) is 0 Å². The molecular weight excluding hydrogens is 78.0 g/mol. The van der Waals surface area contributed by atoms with Crippen LogP contribution in [0.5, 0.6) is 0 Å². The van der Waals surface area contributed by atoms with Crippen molar-refractivity contribution in [2.24, 2.45) is 5.16 Å². The van der Waals surface area contributed by atoms with Crippen molar-refractivity contribution >= 4 is 6.21 Å². The molecule has 0 aromatic rings. The monoisotopic (exact) mass is 85.1 g/mol. The Morgan fingerprint density at radius 1 is 1.67 bits per heavy atom. The van der Waals surface area contributed by atoms with Gasteiger partial charge < -0.3 is 4.84 Å². The zero-order valence-electron chi connectivity index (χ0n) is 3.55. The highest BCUT2D eigenvalue weighted by Crippen LogP contribution is 1.92. The van der Waals surface area contributed by atoms with Crippen LogP contribution in [0.1, 0.15) is 12.8 Å². The van der Waals surface area contributed by atoms with Crippen molar-refractivity contribution < 1.29 is 4.84 Å². The van der Waals surface area contributed by atoms with Crippen LogP contribution in [0.15, 0.2) is 5.16 Å². The van der Waals surface area contributed by atoms with Crippen LogP contribution in [0.4, 0.5) is 0 Å². The molecule has 0 aliphatic carbocycles. The fraction of sp³-hybridized carbons (Fsp3) is 0.750. The Balaban J connectivity index is 2.26. The average molecular weight is 85.1 g/mol. The highest BCUT2D eigenvalue weighted by molar-refractivity contribution is 5.56. The molecule has 2 heteroatoms. The van der Waals surface area contributed by atoms with Crippen molar-refractivity contribution in [1.82, 2.24) is 0 Å². The molecule has 0 N–H and O–H groups in total. The van der Waals surface area contributed by atoms with Crippen LogP contribution in [0, 0.1) is 0 Å². The molecule has 0 unspecified atom stereocenters. The average Bonchev–Trinajstić information content (AvgIpc) is 1.72. The molecule has 0 amide bonds. The van der Waals surface area contributed by atoms with Gasteiger partial charge in [-0.15, -0.1) is 0 Å². The van der Waals surface area contributed by atoms with Crippen molar-refractivity contribution in [3.05, 3.63) is 0 Å². The zero-order valence-corrected chi connectivity index (χ0v) is 3.55. The van der Waals surface area contributed by atoms with E-state index in [4.69, 9.17) is 0 Å². The molecule has 0 aromatic heterocycles. The van der Waals surface area contributed by atoms with Crippen LogP contribution < -0.4 is 0 Å². The number of hydrogen-bond acceptors (Lipinski definition) is 2. The Morgan fingerprint density at radius 2 is 2.67 bits per heavy atom. The summed E-state index contributed by atoms with van der Waals surface area (Å²) in [6, 6.07) is 0. The number of nitrogens with zero attached hydrogens (tertiary/aromatic N) is 1. The fourth-order valence-electron chi connectivity index (χ4n) is 0.397. The highest BCUT2D eigenvalue weighted by atomic mass is 16.6. The van der Waals surface area contributed by atoms with Gasteiger partial charge in [0.1, 0.15) is 6.61 Å². The molecule has 0 bridgehead atoms. The fourth-order valence-corrected chi connectivity index (χ4v) is 0.397. The molecule has 1 aliphatic rings. The molecule has 0 atom stereocenters. The summed E-state index contributed by atoms with van der Waals surface area (Å²) in [6.45, 7) is 0.802. The van der Waals surface area contributed by atoms with Gasteiger partial charge in [-0.1, -0.05) is 5.16 Å². The second-order valence-electron chi connectivity index (χ2n) is 1.26. The molecule has 0 spiro atoms. The van der Waals surface area contributed by atoms with Crippen LogP contribution in [0.3, 0.4) is 0 Å². The van der Waals surface area contributed by atoms with Crippen LogP contribution >= 0.6 is 0 Å². The van der Waals surface area contributed by atoms with Gasteiger partial charge in [-0.05, 0) is 12.8 Å². The van der Waals surface area contributed by atoms with Crippen molar-refractivity contribution in [2.75, 3.05) is 6.61 Å². The summed E-state index contributed by atoms with van der Waals surface area (Å²) in [7, 11) is 0. The Hall–Kier alpha value is -0.530. The molecular formula is C4H7NO. The maximum absolute atomic E-state index is 4.64. The lowest BCUT2D eigenvalue weighted by molar-refractivity contribution is 0.134. The first-order valence-corrected chi connectivity index (χ1v) is 2.14. The van der Waals surface area contributed by atoms with Gasteiger partial charge in [0.2, 0.25) is 0 Å². The molecule has 1 rings (SSSR count). The van der Waals surface area contributed by atoms with Crippen LogP contribution in [-0.2, 0) is 4.84 Å². The Bertz CT molecular complexity index is 52.6. The topological polar surface area (TPSA) is 21.6 Å². The van der Waals surface area contributed by atoms with E-state index in [1.54, 1.807) is 6.21 Å². The molecule has 1 aliphatic heterocycles. The largest absolute Gasteiger partial charge is 0.396 e. The van der Waals surface area contributed by atoms with Gasteiger partial charge in [-0.3, -0.25) is 0 Å². The van der Waals surface area contributed by atoms with Gasteiger partial charge in [-0.25, -0.2) is 0 Å². The Morgan fingerprint density at radius 3 is 2.83 bits per heavy atom. The van der Waals surface area contributed by atoms with E-state index in [2.05, 4.69) is 9.99 Å². The van der Waals surface area contributed by atoms with Gasteiger partial charge in [0, 0.05) is 6.21 Å². The first-order valence-electron chi connectivity index (χ1n) is 2.14. The molecule has 0 saturated carbocycles. The minimum Gasteiger partial charge on any atom is -0.396 e. The van der Waals surface area contributed by atoms with Gasteiger partial charge >= 0.3 is 0 Å². The Labute approximate surface area is 36.8 Å². The van der Waals surface area contributed by atoms with Gasteiger partial charge in [0.25, 0.3) is 0 Å². The normalized spacial score (nSPS) is 20.0. The standard InChI is InChI=1S/C4H7NO/c1-2-4-6-5-3-1/h3H,1-2,4H2. The lowest BCUT2D eigenvalue weighted by Gasteiger charge is -1.99. The minimum absolute atomic E-state index is 0.802. The summed E-state index contributed by atoms with van der Waals surface area (Å²) in [5.74, 6) is 0. The smallest absolute Gasteiger partial charge is 0.117 e. The molecule has 1 heterocycles. The summed E-state index contributed by atoms with van der Waals surface area (Å²) < 4.78 is 0. The first-order chi connectivity index (χ1) is 3.00. The maximum atomic E-state index is 4.64. The summed E-state index contributed by atoms with van der Waals surface area (Å²) >= 11 is 0. The molecule has 34 valence electrons. The lowest BCUT2D eigenvalue weighted by Crippen LogP contribution is -1.94. The zero-order chi connectivity index (χ0) is 4.24. The van der Waals surface area contributed by atoms with E-state index in [0.717, 1.165) is 19.4 Å². The van der Waals surface area contributed by atoms with E-state index in [9.17, 15) is 0 Å². The Kier molecular flexibility index (Phi) is 1.10. The van der Waals surface area contributed by atoms with Crippen molar-refractivity contribution in [2.45, 2.75) is 12.8 Å². The van der Waals surface area contributed by atoms with Gasteiger partial charge in [0.15, 0.2) is 0 Å². The summed E-state index contributed by atoms with van der Waals surface area (Å²) in [4.78, 5) is 4.64. The molecule has 2 nitrogen and oxygen atoms in total. The van der Waals surface area contributed by atoms with Crippen LogP contribution in [-0.4, -0.2) is 12.8 Å².